The molecule has 204 valence electrons. The van der Waals surface area contributed by atoms with Crippen LogP contribution in [0.5, 0.6) is 5.75 Å². The molecule has 2 bridgehead atoms. The summed E-state index contributed by atoms with van der Waals surface area (Å²) in [6, 6.07) is 5.34. The fourth-order valence-corrected chi connectivity index (χ4v) is 5.64. The highest BCUT2D eigenvalue weighted by molar-refractivity contribution is 6.74. The van der Waals surface area contributed by atoms with Crippen LogP contribution in [-0.4, -0.2) is 90.0 Å². The molecule has 2 aliphatic heterocycles. The molecule has 2 aliphatic rings. The molecule has 1 aromatic carbocycles. The first-order valence-electron chi connectivity index (χ1n) is 12.4. The van der Waals surface area contributed by atoms with Gasteiger partial charge in [0.25, 0.3) is 0 Å². The molecule has 0 unspecified atom stereocenters. The van der Waals surface area contributed by atoms with Crippen molar-refractivity contribution in [2.24, 2.45) is 5.92 Å². The number of aliphatic carboxylic acids is 1. The smallest absolute Gasteiger partial charge is 0.408 e. The predicted molar refractivity (Wildman–Crippen MR) is 140 cm³/mol. The minimum Gasteiger partial charge on any atom is -0.493 e. The summed E-state index contributed by atoms with van der Waals surface area (Å²) in [4.78, 5) is 37.9. The van der Waals surface area contributed by atoms with E-state index in [9.17, 15) is 29.7 Å². The van der Waals surface area contributed by atoms with Crippen LogP contribution in [0, 0.1) is 5.92 Å². The second-order valence-electron chi connectivity index (χ2n) is 11.5. The van der Waals surface area contributed by atoms with Crippen molar-refractivity contribution >= 4 is 32.0 Å². The molecule has 37 heavy (non-hydrogen) atoms. The maximum absolute atomic E-state index is 12.2. The SMILES string of the molecule is C[C@@H](COc1ccc(C2=C(C(=O)O)[C@H]3CN(C(=O)O)C[C@@H](C2)N3C(=O)O)cc1)CO[Si](C)(C)C(C)(C)C. The molecule has 0 aromatic heterocycles. The van der Waals surface area contributed by atoms with Gasteiger partial charge in [-0.15, -0.1) is 0 Å². The lowest BCUT2D eigenvalue weighted by Gasteiger charge is -2.48. The minimum atomic E-state index is -1.84. The van der Waals surface area contributed by atoms with Crippen molar-refractivity contribution in [2.75, 3.05) is 26.3 Å². The van der Waals surface area contributed by atoms with Gasteiger partial charge in [-0.2, -0.15) is 0 Å². The summed E-state index contributed by atoms with van der Waals surface area (Å²) in [7, 11) is -1.84. The van der Waals surface area contributed by atoms with Crippen LogP contribution in [-0.2, 0) is 9.22 Å². The quantitative estimate of drug-likeness (QED) is 0.409. The van der Waals surface area contributed by atoms with Crippen molar-refractivity contribution in [3.8, 4) is 5.75 Å². The Hall–Kier alpha value is -3.05. The zero-order chi connectivity index (χ0) is 27.7. The van der Waals surface area contributed by atoms with E-state index in [0.29, 0.717) is 30.1 Å². The number of nitrogens with zero attached hydrogens (tertiary/aromatic N) is 2. The molecule has 3 N–H and O–H groups in total. The van der Waals surface area contributed by atoms with E-state index >= 15 is 0 Å². The minimum absolute atomic E-state index is 0.00936. The molecule has 0 aliphatic carbocycles. The molecule has 2 amide bonds. The summed E-state index contributed by atoms with van der Waals surface area (Å²) in [6.07, 6.45) is -2.34. The highest BCUT2D eigenvalue weighted by Crippen LogP contribution is 2.39. The Bertz CT molecular complexity index is 1060. The molecule has 1 saturated heterocycles. The molecule has 11 heteroatoms. The number of hydrogen-bond acceptors (Lipinski definition) is 5. The van der Waals surface area contributed by atoms with Crippen LogP contribution < -0.4 is 4.74 Å². The molecule has 1 fully saturated rings. The van der Waals surface area contributed by atoms with Crippen LogP contribution >= 0.6 is 0 Å². The van der Waals surface area contributed by atoms with E-state index < -0.39 is 38.6 Å². The predicted octanol–water partition coefficient (Wildman–Crippen LogP) is 4.68. The average molecular weight is 535 g/mol. The maximum atomic E-state index is 12.2. The molecule has 3 rings (SSSR count). The highest BCUT2D eigenvalue weighted by Gasteiger charge is 2.47. The van der Waals surface area contributed by atoms with Gasteiger partial charge in [-0.3, -0.25) is 4.90 Å². The van der Waals surface area contributed by atoms with Gasteiger partial charge in [0.2, 0.25) is 0 Å². The van der Waals surface area contributed by atoms with Crippen LogP contribution in [0.1, 0.15) is 39.7 Å². The maximum Gasteiger partial charge on any atom is 0.408 e. The van der Waals surface area contributed by atoms with Crippen LogP contribution in [0.4, 0.5) is 9.59 Å². The van der Waals surface area contributed by atoms with Crippen LogP contribution in [0.3, 0.4) is 0 Å². The fraction of sp³-hybridized carbons (Fsp3) is 0.577. The van der Waals surface area contributed by atoms with Gasteiger partial charge >= 0.3 is 18.2 Å². The van der Waals surface area contributed by atoms with Gasteiger partial charge in [-0.05, 0) is 47.8 Å². The number of benzene rings is 1. The monoisotopic (exact) mass is 534 g/mol. The van der Waals surface area contributed by atoms with E-state index in [1.54, 1.807) is 24.3 Å². The number of fused-ring (bicyclic) bond motifs is 2. The van der Waals surface area contributed by atoms with Crippen molar-refractivity contribution in [1.29, 1.82) is 0 Å². The Morgan fingerprint density at radius 1 is 1.03 bits per heavy atom. The lowest BCUT2D eigenvalue weighted by Crippen LogP contribution is -2.64. The van der Waals surface area contributed by atoms with Gasteiger partial charge in [0, 0.05) is 25.6 Å². The van der Waals surface area contributed by atoms with Crippen molar-refractivity contribution in [3.63, 3.8) is 0 Å². The number of carbonyl (C=O) groups is 3. The molecule has 0 radical (unpaired) electrons. The summed E-state index contributed by atoms with van der Waals surface area (Å²) >= 11 is 0. The highest BCUT2D eigenvalue weighted by atomic mass is 28.4. The van der Waals surface area contributed by atoms with Gasteiger partial charge in [-0.25, -0.2) is 14.4 Å². The number of carboxylic acids is 1. The lowest BCUT2D eigenvalue weighted by molar-refractivity contribution is -0.133. The number of ether oxygens (including phenoxy) is 1. The van der Waals surface area contributed by atoms with Crippen LogP contribution in [0.25, 0.3) is 5.57 Å². The summed E-state index contributed by atoms with van der Waals surface area (Å²) in [6.45, 7) is 14.0. The zero-order valence-electron chi connectivity index (χ0n) is 22.4. The molecule has 0 saturated carbocycles. The lowest BCUT2D eigenvalue weighted by atomic mass is 9.82. The Labute approximate surface area is 218 Å². The third-order valence-electron chi connectivity index (χ3n) is 7.65. The third-order valence-corrected chi connectivity index (χ3v) is 12.1. The number of rotatable bonds is 8. The molecule has 3 atom stereocenters. The van der Waals surface area contributed by atoms with Gasteiger partial charge in [0.1, 0.15) is 5.75 Å². The number of hydrogen-bond donors (Lipinski definition) is 3. The molecular weight excluding hydrogens is 496 g/mol. The Balaban J connectivity index is 1.74. The second-order valence-corrected chi connectivity index (χ2v) is 16.3. The summed E-state index contributed by atoms with van der Waals surface area (Å²) in [5, 5.41) is 29.3. The van der Waals surface area contributed by atoms with Gasteiger partial charge in [0.05, 0.1) is 24.3 Å². The Kier molecular flexibility index (Phi) is 8.28. The van der Waals surface area contributed by atoms with Gasteiger partial charge < -0.3 is 29.4 Å². The number of carboxylic acid groups (broad SMARTS) is 3. The van der Waals surface area contributed by atoms with Crippen molar-refractivity contribution in [1.82, 2.24) is 9.80 Å². The van der Waals surface area contributed by atoms with Crippen LogP contribution in [0.15, 0.2) is 29.8 Å². The van der Waals surface area contributed by atoms with Crippen LogP contribution in [0.2, 0.25) is 18.1 Å². The van der Waals surface area contributed by atoms with Gasteiger partial charge in [-0.1, -0.05) is 39.8 Å². The zero-order valence-corrected chi connectivity index (χ0v) is 23.4. The first kappa shape index (κ1) is 28.5. The van der Waals surface area contributed by atoms with E-state index in [4.69, 9.17) is 9.16 Å². The molecule has 2 heterocycles. The standard InChI is InChI=1S/C26H38N2O8Si/c1-16(15-36-37(5,6)26(2,3)4)14-35-19-9-7-17(8-10-19)20-11-18-12-27(24(31)32)13-21(22(20)23(29)30)28(18)25(33)34/h7-10,16,18,21H,11-15H2,1-6H3,(H,29,30)(H,31,32)(H,33,34)/t16-,18+,21+/m0/s1. The average Bonchev–Trinajstić information content (AvgIpc) is 2.79. The van der Waals surface area contributed by atoms with Gasteiger partial charge in [0.15, 0.2) is 8.32 Å². The first-order chi connectivity index (χ1) is 17.1. The third kappa shape index (κ3) is 6.27. The first-order valence-corrected chi connectivity index (χ1v) is 15.4. The van der Waals surface area contributed by atoms with Crippen molar-refractivity contribution in [3.05, 3.63) is 35.4 Å². The number of amides is 2. The Morgan fingerprint density at radius 3 is 2.16 bits per heavy atom. The van der Waals surface area contributed by atoms with E-state index in [-0.39, 0.29) is 36.0 Å². The number of piperazine rings is 1. The summed E-state index contributed by atoms with van der Waals surface area (Å²) < 4.78 is 12.2. The largest absolute Gasteiger partial charge is 0.493 e. The molecule has 10 nitrogen and oxygen atoms in total. The summed E-state index contributed by atoms with van der Waals surface area (Å²) in [5.41, 5.74) is 1.09. The summed E-state index contributed by atoms with van der Waals surface area (Å²) in [5.74, 6) is -0.430. The molecule has 0 spiro atoms. The van der Waals surface area contributed by atoms with E-state index in [1.165, 1.54) is 0 Å². The topological polar surface area (TPSA) is 137 Å². The molecule has 1 aromatic rings. The van der Waals surface area contributed by atoms with E-state index in [2.05, 4.69) is 40.8 Å². The molecular formula is C26H38N2O8Si. The van der Waals surface area contributed by atoms with E-state index in [0.717, 1.165) is 9.80 Å². The van der Waals surface area contributed by atoms with Crippen molar-refractivity contribution < 1.29 is 38.9 Å². The normalized spacial score (nSPS) is 21.0. The van der Waals surface area contributed by atoms with Crippen molar-refractivity contribution in [2.45, 2.75) is 64.3 Å². The van der Waals surface area contributed by atoms with E-state index in [1.807, 2.05) is 0 Å². The Morgan fingerprint density at radius 2 is 1.65 bits per heavy atom. The second kappa shape index (κ2) is 10.7. The fourth-order valence-electron chi connectivity index (χ4n) is 4.50.